The number of hydrogen-bond acceptors (Lipinski definition) is 2. The summed E-state index contributed by atoms with van der Waals surface area (Å²) >= 11 is 0. The number of nitrogens with zero attached hydrogens (tertiary/aromatic N) is 1. The van der Waals surface area contributed by atoms with Gasteiger partial charge in [0.25, 0.3) is 0 Å². The first-order chi connectivity index (χ1) is 13.3. The maximum Gasteiger partial charge on any atom is 0.119 e. The summed E-state index contributed by atoms with van der Waals surface area (Å²) in [4.78, 5) is 2.49. The molecule has 0 amide bonds. The van der Waals surface area contributed by atoms with Crippen molar-refractivity contribution in [3.63, 3.8) is 0 Å². The molecule has 1 aliphatic rings. The molecule has 1 aliphatic heterocycles. The van der Waals surface area contributed by atoms with E-state index in [4.69, 9.17) is 0 Å². The highest BCUT2D eigenvalue weighted by atomic mass is 16.3. The van der Waals surface area contributed by atoms with E-state index in [-0.39, 0.29) is 5.92 Å². The minimum atomic E-state index is -0.940. The molecule has 0 spiro atoms. The third-order valence-electron chi connectivity index (χ3n) is 5.85. The third-order valence-corrected chi connectivity index (χ3v) is 5.85. The van der Waals surface area contributed by atoms with Gasteiger partial charge in [-0.1, -0.05) is 91.0 Å². The number of hydrogen-bond donors (Lipinski definition) is 1. The van der Waals surface area contributed by atoms with E-state index in [2.05, 4.69) is 59.5 Å². The Balaban J connectivity index is 1.53. The summed E-state index contributed by atoms with van der Waals surface area (Å²) in [5, 5.41) is 11.9. The van der Waals surface area contributed by atoms with Gasteiger partial charge in [0.05, 0.1) is 0 Å². The van der Waals surface area contributed by atoms with Crippen LogP contribution in [0.1, 0.15) is 23.1 Å². The topological polar surface area (TPSA) is 23.5 Å². The highest BCUT2D eigenvalue weighted by Crippen LogP contribution is 2.41. The molecule has 0 saturated carbocycles. The first-order valence-corrected chi connectivity index (χ1v) is 9.86. The molecule has 1 fully saturated rings. The highest BCUT2D eigenvalue weighted by Gasteiger charge is 2.43. The molecule has 2 nitrogen and oxygen atoms in total. The monoisotopic (exact) mass is 357 g/mol. The number of benzene rings is 3. The van der Waals surface area contributed by atoms with Crippen LogP contribution in [0.15, 0.2) is 91.0 Å². The van der Waals surface area contributed by atoms with Crippen molar-refractivity contribution < 1.29 is 5.11 Å². The quantitative estimate of drug-likeness (QED) is 0.703. The number of aliphatic hydroxyl groups is 1. The lowest BCUT2D eigenvalue weighted by atomic mass is 9.75. The second-order valence-corrected chi connectivity index (χ2v) is 7.52. The maximum absolute atomic E-state index is 11.9. The first kappa shape index (κ1) is 18.0. The Morgan fingerprint density at radius 3 is 1.85 bits per heavy atom. The van der Waals surface area contributed by atoms with E-state index in [9.17, 15) is 5.11 Å². The van der Waals surface area contributed by atoms with Gasteiger partial charge in [-0.25, -0.2) is 0 Å². The van der Waals surface area contributed by atoms with Crippen LogP contribution in [0, 0.1) is 5.92 Å². The molecule has 2 heteroatoms. The van der Waals surface area contributed by atoms with E-state index >= 15 is 0 Å². The number of likely N-dealkylation sites (tertiary alicyclic amines) is 1. The van der Waals surface area contributed by atoms with Crippen molar-refractivity contribution in [3.8, 4) is 0 Å². The summed E-state index contributed by atoms with van der Waals surface area (Å²) in [6, 6.07) is 31.0. The van der Waals surface area contributed by atoms with Crippen molar-refractivity contribution in [2.45, 2.75) is 18.4 Å². The third kappa shape index (κ3) is 3.83. The molecule has 0 radical (unpaired) electrons. The fourth-order valence-electron chi connectivity index (χ4n) is 4.33. The predicted octanol–water partition coefficient (Wildman–Crippen LogP) is 4.49. The summed E-state index contributed by atoms with van der Waals surface area (Å²) in [6.07, 6.45) is 2.07. The van der Waals surface area contributed by atoms with E-state index < -0.39 is 5.60 Å². The lowest BCUT2D eigenvalue weighted by molar-refractivity contribution is 0.0200. The van der Waals surface area contributed by atoms with Gasteiger partial charge in [-0.2, -0.15) is 0 Å². The van der Waals surface area contributed by atoms with E-state index in [0.717, 1.165) is 43.6 Å². The van der Waals surface area contributed by atoms with Crippen LogP contribution >= 0.6 is 0 Å². The summed E-state index contributed by atoms with van der Waals surface area (Å²) in [6.45, 7) is 3.01. The summed E-state index contributed by atoms with van der Waals surface area (Å²) < 4.78 is 0. The predicted molar refractivity (Wildman–Crippen MR) is 111 cm³/mol. The molecular formula is C25H27NO. The number of rotatable bonds is 6. The SMILES string of the molecule is OC(c1ccccc1)(c1ccccc1)[C@@H]1CCN(CCc2ccccc2)C1. The van der Waals surface area contributed by atoms with Gasteiger partial charge >= 0.3 is 0 Å². The standard InChI is InChI=1S/C25H27NO/c27-25(22-12-6-2-7-13-22,23-14-8-3-9-15-23)24-17-19-26(20-24)18-16-21-10-4-1-5-11-21/h1-15,24,27H,16-20H2/t24-/m1/s1. The van der Waals surface area contributed by atoms with E-state index in [0.29, 0.717) is 0 Å². The Morgan fingerprint density at radius 2 is 1.30 bits per heavy atom. The zero-order valence-corrected chi connectivity index (χ0v) is 15.7. The maximum atomic E-state index is 11.9. The summed E-state index contributed by atoms with van der Waals surface area (Å²) in [5.41, 5.74) is 2.42. The fourth-order valence-corrected chi connectivity index (χ4v) is 4.33. The van der Waals surface area contributed by atoms with Gasteiger partial charge in [0.1, 0.15) is 5.60 Å². The Labute approximate surface area is 162 Å². The average molecular weight is 357 g/mol. The Morgan fingerprint density at radius 1 is 0.778 bits per heavy atom. The average Bonchev–Trinajstić information content (AvgIpc) is 3.23. The van der Waals surface area contributed by atoms with Crippen molar-refractivity contribution in [2.75, 3.05) is 19.6 Å². The molecule has 0 aromatic heterocycles. The second-order valence-electron chi connectivity index (χ2n) is 7.52. The van der Waals surface area contributed by atoms with Crippen LogP contribution < -0.4 is 0 Å². The van der Waals surface area contributed by atoms with Crippen molar-refractivity contribution in [1.82, 2.24) is 4.90 Å². The molecule has 3 aromatic rings. The van der Waals surface area contributed by atoms with Crippen LogP contribution in [0.25, 0.3) is 0 Å². The zero-order valence-electron chi connectivity index (χ0n) is 15.7. The van der Waals surface area contributed by atoms with Gasteiger partial charge < -0.3 is 10.0 Å². The molecule has 1 atom stereocenters. The first-order valence-electron chi connectivity index (χ1n) is 9.86. The summed E-state index contributed by atoms with van der Waals surface area (Å²) in [5.74, 6) is 0.193. The van der Waals surface area contributed by atoms with Crippen LogP contribution in [-0.2, 0) is 12.0 Å². The fraction of sp³-hybridized carbons (Fsp3) is 0.280. The Hall–Kier alpha value is -2.42. The van der Waals surface area contributed by atoms with Gasteiger partial charge in [0.2, 0.25) is 0 Å². The van der Waals surface area contributed by atoms with Gasteiger partial charge in [0, 0.05) is 19.0 Å². The molecule has 0 aliphatic carbocycles. The molecule has 0 bridgehead atoms. The van der Waals surface area contributed by atoms with Crippen molar-refractivity contribution in [1.29, 1.82) is 0 Å². The van der Waals surface area contributed by atoms with Gasteiger partial charge in [-0.3, -0.25) is 0 Å². The zero-order chi connectivity index (χ0) is 18.5. The van der Waals surface area contributed by atoms with E-state index in [1.54, 1.807) is 0 Å². The van der Waals surface area contributed by atoms with Crippen LogP contribution in [-0.4, -0.2) is 29.6 Å². The molecule has 138 valence electrons. The normalized spacial score (nSPS) is 17.9. The summed E-state index contributed by atoms with van der Waals surface area (Å²) in [7, 11) is 0. The molecule has 1 saturated heterocycles. The Kier molecular flexibility index (Phi) is 5.38. The van der Waals surface area contributed by atoms with Gasteiger partial charge in [-0.15, -0.1) is 0 Å². The Bertz CT molecular complexity index is 792. The minimum Gasteiger partial charge on any atom is -0.380 e. The second kappa shape index (κ2) is 8.08. The van der Waals surface area contributed by atoms with Gasteiger partial charge in [-0.05, 0) is 36.1 Å². The van der Waals surface area contributed by atoms with Crippen molar-refractivity contribution in [3.05, 3.63) is 108 Å². The van der Waals surface area contributed by atoms with Crippen molar-refractivity contribution >= 4 is 0 Å². The van der Waals surface area contributed by atoms with Crippen LogP contribution in [0.5, 0.6) is 0 Å². The molecule has 3 aromatic carbocycles. The molecule has 27 heavy (non-hydrogen) atoms. The van der Waals surface area contributed by atoms with E-state index in [1.165, 1.54) is 5.56 Å². The van der Waals surface area contributed by atoms with Gasteiger partial charge in [0.15, 0.2) is 0 Å². The van der Waals surface area contributed by atoms with Crippen LogP contribution in [0.3, 0.4) is 0 Å². The lowest BCUT2D eigenvalue weighted by Crippen LogP contribution is -2.38. The highest BCUT2D eigenvalue weighted by molar-refractivity contribution is 5.37. The van der Waals surface area contributed by atoms with E-state index in [1.807, 2.05) is 36.4 Å². The molecule has 1 heterocycles. The molecular weight excluding hydrogens is 330 g/mol. The van der Waals surface area contributed by atoms with Crippen LogP contribution in [0.2, 0.25) is 0 Å². The smallest absolute Gasteiger partial charge is 0.119 e. The minimum absolute atomic E-state index is 0.193. The molecule has 4 rings (SSSR count). The van der Waals surface area contributed by atoms with Crippen LogP contribution in [0.4, 0.5) is 0 Å². The lowest BCUT2D eigenvalue weighted by Gasteiger charge is -2.35. The molecule has 1 N–H and O–H groups in total. The molecule has 0 unspecified atom stereocenters. The largest absolute Gasteiger partial charge is 0.380 e. The van der Waals surface area contributed by atoms with Crippen molar-refractivity contribution in [2.24, 2.45) is 5.92 Å².